The summed E-state index contributed by atoms with van der Waals surface area (Å²) >= 11 is 3.49. The SMILES string of the molecule is CC([NH2+]CCCC=C(c1ccsc1)c1ccsc1)C(O)c1ccccc1.[Cl-]. The molecule has 2 atom stereocenters. The van der Waals surface area contributed by atoms with Gasteiger partial charge in [-0.05, 0) is 75.7 Å². The van der Waals surface area contributed by atoms with Crippen molar-refractivity contribution in [3.8, 4) is 0 Å². The lowest BCUT2D eigenvalue weighted by Gasteiger charge is -2.17. The number of hydrogen-bond acceptors (Lipinski definition) is 3. The van der Waals surface area contributed by atoms with Crippen LogP contribution in [0.4, 0.5) is 0 Å². The Morgan fingerprint density at radius 1 is 1.04 bits per heavy atom. The zero-order valence-electron chi connectivity index (χ0n) is 15.4. The summed E-state index contributed by atoms with van der Waals surface area (Å²) in [5.41, 5.74) is 4.95. The summed E-state index contributed by atoms with van der Waals surface area (Å²) in [6.45, 7) is 3.11. The predicted octanol–water partition coefficient (Wildman–Crippen LogP) is 1.71. The molecule has 0 radical (unpaired) electrons. The second-order valence-corrected chi connectivity index (χ2v) is 8.08. The minimum Gasteiger partial charge on any atom is -1.00 e. The van der Waals surface area contributed by atoms with Crippen LogP contribution in [0.3, 0.4) is 0 Å². The molecule has 0 bridgehead atoms. The summed E-state index contributed by atoms with van der Waals surface area (Å²) in [5, 5.41) is 21.4. The number of unbranched alkanes of at least 4 members (excludes halogenated alkanes) is 1. The minimum absolute atomic E-state index is 0. The van der Waals surface area contributed by atoms with Gasteiger partial charge in [0, 0.05) is 0 Å². The van der Waals surface area contributed by atoms with Crippen molar-refractivity contribution in [1.29, 1.82) is 0 Å². The number of quaternary nitrogens is 1. The van der Waals surface area contributed by atoms with Crippen LogP contribution >= 0.6 is 22.7 Å². The molecule has 0 aliphatic heterocycles. The van der Waals surface area contributed by atoms with Crippen LogP contribution in [0.1, 0.15) is 42.6 Å². The Hall–Kier alpha value is -1.43. The first-order chi connectivity index (χ1) is 12.8. The van der Waals surface area contributed by atoms with Gasteiger partial charge in [0.25, 0.3) is 0 Å². The monoisotopic (exact) mass is 419 g/mol. The quantitative estimate of drug-likeness (QED) is 0.509. The zero-order chi connectivity index (χ0) is 18.2. The normalized spacial score (nSPS) is 12.8. The fourth-order valence-electron chi connectivity index (χ4n) is 3.07. The number of thiophene rings is 2. The number of nitrogens with two attached hydrogens (primary N) is 1. The molecule has 0 saturated heterocycles. The van der Waals surface area contributed by atoms with Crippen molar-refractivity contribution in [2.45, 2.75) is 31.9 Å². The highest BCUT2D eigenvalue weighted by Crippen LogP contribution is 2.27. The van der Waals surface area contributed by atoms with Crippen LogP contribution in [0.15, 0.2) is 70.1 Å². The van der Waals surface area contributed by atoms with Crippen molar-refractivity contribution in [3.63, 3.8) is 0 Å². The highest BCUT2D eigenvalue weighted by atomic mass is 35.5. The van der Waals surface area contributed by atoms with E-state index in [4.69, 9.17) is 0 Å². The Bertz CT molecular complexity index is 749. The first kappa shape index (κ1) is 21.9. The Morgan fingerprint density at radius 2 is 1.67 bits per heavy atom. The van der Waals surface area contributed by atoms with E-state index in [2.05, 4.69) is 52.0 Å². The average molecular weight is 420 g/mol. The maximum absolute atomic E-state index is 10.4. The number of hydrogen-bond donors (Lipinski definition) is 2. The van der Waals surface area contributed by atoms with Gasteiger partial charge in [-0.25, -0.2) is 0 Å². The highest BCUT2D eigenvalue weighted by Gasteiger charge is 2.18. The molecule has 1 aromatic carbocycles. The molecular formula is C22H26ClNOS2. The molecule has 0 spiro atoms. The zero-order valence-corrected chi connectivity index (χ0v) is 17.8. The van der Waals surface area contributed by atoms with Crippen molar-refractivity contribution in [3.05, 3.63) is 86.8 Å². The van der Waals surface area contributed by atoms with Crippen LogP contribution in [0.2, 0.25) is 0 Å². The van der Waals surface area contributed by atoms with E-state index in [1.165, 1.54) is 16.7 Å². The van der Waals surface area contributed by atoms with Gasteiger partial charge >= 0.3 is 0 Å². The van der Waals surface area contributed by atoms with Gasteiger partial charge in [0.2, 0.25) is 0 Å². The van der Waals surface area contributed by atoms with Crippen LogP contribution < -0.4 is 17.7 Å². The lowest BCUT2D eigenvalue weighted by Crippen LogP contribution is -3.00. The molecule has 0 fully saturated rings. The van der Waals surface area contributed by atoms with Gasteiger partial charge in [-0.15, -0.1) is 0 Å². The fraction of sp³-hybridized carbons (Fsp3) is 0.273. The molecule has 0 amide bonds. The highest BCUT2D eigenvalue weighted by molar-refractivity contribution is 7.08. The molecule has 0 saturated carbocycles. The van der Waals surface area contributed by atoms with Crippen LogP contribution in [-0.4, -0.2) is 17.7 Å². The molecule has 2 aromatic heterocycles. The van der Waals surface area contributed by atoms with Crippen molar-refractivity contribution in [2.75, 3.05) is 6.54 Å². The van der Waals surface area contributed by atoms with Crippen LogP contribution in [0, 0.1) is 0 Å². The van der Waals surface area contributed by atoms with E-state index in [1.54, 1.807) is 22.7 Å². The smallest absolute Gasteiger partial charge is 0.130 e. The van der Waals surface area contributed by atoms with Gasteiger partial charge in [0.15, 0.2) is 0 Å². The van der Waals surface area contributed by atoms with E-state index in [1.807, 2.05) is 30.3 Å². The van der Waals surface area contributed by atoms with E-state index in [9.17, 15) is 5.11 Å². The Morgan fingerprint density at radius 3 is 2.22 bits per heavy atom. The van der Waals surface area contributed by atoms with Gasteiger partial charge in [-0.3, -0.25) is 0 Å². The van der Waals surface area contributed by atoms with Crippen molar-refractivity contribution in [1.82, 2.24) is 0 Å². The molecule has 2 nitrogen and oxygen atoms in total. The molecule has 3 aromatic rings. The molecule has 2 heterocycles. The van der Waals surface area contributed by atoms with E-state index >= 15 is 0 Å². The number of allylic oxidation sites excluding steroid dienone is 1. The average Bonchev–Trinajstić information content (AvgIpc) is 3.38. The first-order valence-corrected chi connectivity index (χ1v) is 11.0. The Kier molecular flexibility index (Phi) is 9.25. The molecule has 2 unspecified atom stereocenters. The van der Waals surface area contributed by atoms with Crippen LogP contribution in [0.5, 0.6) is 0 Å². The lowest BCUT2D eigenvalue weighted by atomic mass is 10.0. The summed E-state index contributed by atoms with van der Waals surface area (Å²) in [6.07, 6.45) is 4.09. The molecule has 5 heteroatoms. The molecule has 3 N–H and O–H groups in total. The van der Waals surface area contributed by atoms with E-state index in [-0.39, 0.29) is 18.4 Å². The van der Waals surface area contributed by atoms with Gasteiger partial charge in [0.05, 0.1) is 6.54 Å². The third-order valence-electron chi connectivity index (χ3n) is 4.60. The summed E-state index contributed by atoms with van der Waals surface area (Å²) in [4.78, 5) is 0. The van der Waals surface area contributed by atoms with Gasteiger partial charge in [-0.2, -0.15) is 22.7 Å². The third kappa shape index (κ3) is 6.30. The van der Waals surface area contributed by atoms with E-state index in [0.29, 0.717) is 0 Å². The standard InChI is InChI=1S/C22H25NOS2.ClH/c1-17(22(24)18-7-3-2-4-8-18)23-12-6-5-9-21(19-10-13-25-15-19)20-11-14-26-16-20;/h2-4,7-11,13-17,22-24H,5-6,12H2,1H3;1H. The van der Waals surface area contributed by atoms with Crippen molar-refractivity contribution >= 4 is 28.2 Å². The number of halogens is 1. The van der Waals surface area contributed by atoms with Crippen LogP contribution in [-0.2, 0) is 0 Å². The van der Waals surface area contributed by atoms with Crippen molar-refractivity contribution < 1.29 is 22.8 Å². The summed E-state index contributed by atoms with van der Waals surface area (Å²) in [7, 11) is 0. The van der Waals surface area contributed by atoms with Gasteiger partial charge in [0.1, 0.15) is 12.1 Å². The topological polar surface area (TPSA) is 36.8 Å². The first-order valence-electron chi connectivity index (χ1n) is 9.07. The number of benzene rings is 1. The molecule has 3 rings (SSSR count). The second kappa shape index (κ2) is 11.4. The molecule has 0 aliphatic rings. The maximum Gasteiger partial charge on any atom is 0.130 e. The van der Waals surface area contributed by atoms with Crippen LogP contribution in [0.25, 0.3) is 5.57 Å². The Labute approximate surface area is 176 Å². The largest absolute Gasteiger partial charge is 1.00 e. The Balaban J connectivity index is 0.00000261. The number of aliphatic hydroxyl groups is 1. The molecule has 27 heavy (non-hydrogen) atoms. The summed E-state index contributed by atoms with van der Waals surface area (Å²) < 4.78 is 0. The number of rotatable bonds is 9. The second-order valence-electron chi connectivity index (χ2n) is 6.52. The lowest BCUT2D eigenvalue weighted by molar-refractivity contribution is -0.694. The third-order valence-corrected chi connectivity index (χ3v) is 5.97. The van der Waals surface area contributed by atoms with Gasteiger partial charge < -0.3 is 22.8 Å². The maximum atomic E-state index is 10.4. The molecule has 144 valence electrons. The summed E-state index contributed by atoms with van der Waals surface area (Å²) in [6, 6.07) is 14.5. The fourth-order valence-corrected chi connectivity index (χ4v) is 4.38. The number of aliphatic hydroxyl groups excluding tert-OH is 1. The summed E-state index contributed by atoms with van der Waals surface area (Å²) in [5.74, 6) is 0. The van der Waals surface area contributed by atoms with Gasteiger partial charge in [-0.1, -0.05) is 36.4 Å². The van der Waals surface area contributed by atoms with E-state index < -0.39 is 6.10 Å². The minimum atomic E-state index is -0.418. The molecular weight excluding hydrogens is 394 g/mol. The van der Waals surface area contributed by atoms with Crippen molar-refractivity contribution in [2.24, 2.45) is 0 Å². The predicted molar refractivity (Wildman–Crippen MR) is 113 cm³/mol. The molecule has 0 aliphatic carbocycles. The van der Waals surface area contributed by atoms with E-state index in [0.717, 1.165) is 24.9 Å².